The summed E-state index contributed by atoms with van der Waals surface area (Å²) in [6.07, 6.45) is 0.785. The van der Waals surface area contributed by atoms with E-state index in [4.69, 9.17) is 13.3 Å². The lowest BCUT2D eigenvalue weighted by Crippen LogP contribution is -2.56. The molecule has 0 aliphatic heterocycles. The van der Waals surface area contributed by atoms with Gasteiger partial charge >= 0.3 is 0 Å². The summed E-state index contributed by atoms with van der Waals surface area (Å²) in [6, 6.07) is 0. The maximum atomic E-state index is 11.4. The molecule has 0 aromatic rings. The second kappa shape index (κ2) is 18.1. The first kappa shape index (κ1) is 42.9. The molecular weight excluding hydrogens is 617 g/mol. The van der Waals surface area contributed by atoms with Crippen molar-refractivity contribution in [2.45, 2.75) is 199 Å². The standard InChI is InChI=1S/C39H70O4Si3/c1-27(2)44(28(3)4,29(5)6)41-37-24-21-22-26-39(43-46(33(13)14,34(15)16)35(17)18)38(25-20-19-23-36(37)40)42-45(30(7)8,31(9)10)32(11)12/h19,23,27-40H,1-18H3/b23-19+/t36-,37-,38-,39-/m0/s1. The molecule has 0 spiro atoms. The summed E-state index contributed by atoms with van der Waals surface area (Å²) >= 11 is 0. The second-order valence-electron chi connectivity index (χ2n) is 16.2. The summed E-state index contributed by atoms with van der Waals surface area (Å²) in [7, 11) is -7.02. The third-order valence-electron chi connectivity index (χ3n) is 10.8. The van der Waals surface area contributed by atoms with E-state index in [0.29, 0.717) is 49.9 Å². The topological polar surface area (TPSA) is 47.9 Å². The summed E-state index contributed by atoms with van der Waals surface area (Å²) in [5.74, 6) is 19.7. The molecule has 46 heavy (non-hydrogen) atoms. The molecule has 0 radical (unpaired) electrons. The normalized spacial score (nSPS) is 22.3. The van der Waals surface area contributed by atoms with Crippen LogP contribution in [-0.2, 0) is 13.3 Å². The van der Waals surface area contributed by atoms with Gasteiger partial charge < -0.3 is 18.4 Å². The number of hydrogen-bond acceptors (Lipinski definition) is 4. The molecule has 0 bridgehead atoms. The highest BCUT2D eigenvalue weighted by Gasteiger charge is 2.51. The minimum atomic E-state index is -2.36. The molecule has 0 saturated carbocycles. The molecule has 0 fully saturated rings. The first-order valence-corrected chi connectivity index (χ1v) is 24.5. The maximum absolute atomic E-state index is 11.4. The predicted molar refractivity (Wildman–Crippen MR) is 206 cm³/mol. The van der Waals surface area contributed by atoms with Crippen LogP contribution < -0.4 is 0 Å². The summed E-state index contributed by atoms with van der Waals surface area (Å²) in [5.41, 5.74) is 3.38. The fourth-order valence-corrected chi connectivity index (χ4v) is 25.3. The van der Waals surface area contributed by atoms with Gasteiger partial charge in [0, 0.05) is 0 Å². The molecule has 0 saturated heterocycles. The van der Waals surface area contributed by atoms with Gasteiger partial charge in [-0.15, -0.1) is 0 Å². The van der Waals surface area contributed by atoms with Gasteiger partial charge in [0.2, 0.25) is 25.0 Å². The van der Waals surface area contributed by atoms with Gasteiger partial charge in [0.1, 0.15) is 24.4 Å². The molecule has 0 aromatic carbocycles. The fourth-order valence-electron chi connectivity index (χ4n) is 9.00. The quantitative estimate of drug-likeness (QED) is 0.138. The number of aliphatic hydroxyl groups is 1. The Labute approximate surface area is 289 Å². The smallest absolute Gasteiger partial charge is 0.202 e. The van der Waals surface area contributed by atoms with Crippen molar-refractivity contribution in [3.8, 4) is 35.5 Å². The van der Waals surface area contributed by atoms with E-state index in [1.807, 2.05) is 0 Å². The zero-order valence-electron chi connectivity index (χ0n) is 32.8. The molecule has 4 nitrogen and oxygen atoms in total. The second-order valence-corrected chi connectivity index (χ2v) is 32.5. The van der Waals surface area contributed by atoms with Crippen LogP contribution in [0.1, 0.15) is 125 Å². The molecule has 0 amide bonds. The zero-order valence-corrected chi connectivity index (χ0v) is 35.8. The molecule has 7 heteroatoms. The molecule has 1 aliphatic rings. The van der Waals surface area contributed by atoms with Crippen molar-refractivity contribution in [1.29, 1.82) is 0 Å². The highest BCUT2D eigenvalue weighted by atomic mass is 28.4. The molecular formula is C39H70O4Si3. The van der Waals surface area contributed by atoms with Gasteiger partial charge in [0.05, 0.1) is 0 Å². The average molecular weight is 687 g/mol. The lowest BCUT2D eigenvalue weighted by molar-refractivity contribution is 0.0901. The Kier molecular flexibility index (Phi) is 16.9. The SMILES string of the molecule is CC(C)[Si](O[C@H]1C#CC#C[C@H](O[Si](C(C)C)(C(C)C)C(C)C)[C@@H](O)/C=C/C#C[C@@H]1O[Si](C(C)C)(C(C)C)C(C)C)(C(C)C)C(C)C. The highest BCUT2D eigenvalue weighted by Crippen LogP contribution is 2.46. The van der Waals surface area contributed by atoms with Gasteiger partial charge in [-0.25, -0.2) is 0 Å². The summed E-state index contributed by atoms with van der Waals surface area (Å²) < 4.78 is 21.7. The van der Waals surface area contributed by atoms with Gasteiger partial charge in [0.15, 0.2) is 0 Å². The van der Waals surface area contributed by atoms with Crippen LogP contribution in [0.15, 0.2) is 12.2 Å². The lowest BCUT2D eigenvalue weighted by Gasteiger charge is -2.47. The summed E-state index contributed by atoms with van der Waals surface area (Å²) in [5, 5.41) is 11.4. The van der Waals surface area contributed by atoms with E-state index < -0.39 is 49.4 Å². The Bertz CT molecular complexity index is 1100. The first-order valence-electron chi connectivity index (χ1n) is 18.1. The van der Waals surface area contributed by atoms with Gasteiger partial charge in [-0.2, -0.15) is 0 Å². The van der Waals surface area contributed by atoms with E-state index in [1.165, 1.54) is 0 Å². The minimum absolute atomic E-state index is 0.363. The maximum Gasteiger partial charge on any atom is 0.202 e. The molecule has 0 unspecified atom stereocenters. The van der Waals surface area contributed by atoms with Crippen molar-refractivity contribution in [3.63, 3.8) is 0 Å². The fraction of sp³-hybridized carbons (Fsp3) is 0.795. The molecule has 262 valence electrons. The summed E-state index contributed by atoms with van der Waals surface area (Å²) in [6.45, 7) is 41.0. The van der Waals surface area contributed by atoms with Crippen molar-refractivity contribution >= 4 is 25.0 Å². The van der Waals surface area contributed by atoms with Gasteiger partial charge in [-0.05, 0) is 73.9 Å². The molecule has 4 atom stereocenters. The predicted octanol–water partition coefficient (Wildman–Crippen LogP) is 10.6. The molecule has 1 N–H and O–H groups in total. The monoisotopic (exact) mass is 686 g/mol. The Morgan fingerprint density at radius 1 is 0.435 bits per heavy atom. The van der Waals surface area contributed by atoms with E-state index in [2.05, 4.69) is 160 Å². The van der Waals surface area contributed by atoms with Crippen molar-refractivity contribution in [1.82, 2.24) is 0 Å². The molecule has 1 rings (SSSR count). The van der Waals surface area contributed by atoms with Crippen molar-refractivity contribution < 1.29 is 18.4 Å². The average Bonchev–Trinajstić information content (AvgIpc) is 2.91. The lowest BCUT2D eigenvalue weighted by atomic mass is 10.1. The van der Waals surface area contributed by atoms with Crippen molar-refractivity contribution in [2.24, 2.45) is 0 Å². The highest BCUT2D eigenvalue weighted by molar-refractivity contribution is 6.78. The van der Waals surface area contributed by atoms with Crippen LogP contribution in [0.25, 0.3) is 0 Å². The van der Waals surface area contributed by atoms with Crippen molar-refractivity contribution in [2.75, 3.05) is 0 Å². The number of rotatable bonds is 15. The van der Waals surface area contributed by atoms with Crippen LogP contribution in [-0.4, -0.2) is 54.5 Å². The minimum Gasteiger partial charge on any atom is -0.400 e. The van der Waals surface area contributed by atoms with E-state index in [-0.39, 0.29) is 0 Å². The van der Waals surface area contributed by atoms with Crippen LogP contribution in [0.4, 0.5) is 0 Å². The van der Waals surface area contributed by atoms with Gasteiger partial charge in [0.25, 0.3) is 0 Å². The van der Waals surface area contributed by atoms with Crippen LogP contribution in [0, 0.1) is 35.5 Å². The largest absolute Gasteiger partial charge is 0.400 e. The van der Waals surface area contributed by atoms with Crippen LogP contribution in [0.5, 0.6) is 0 Å². The molecule has 0 aromatic heterocycles. The third-order valence-corrected chi connectivity index (χ3v) is 29.0. The van der Waals surface area contributed by atoms with Crippen LogP contribution in [0.2, 0.25) is 49.9 Å². The first-order chi connectivity index (χ1) is 21.2. The number of allylic oxidation sites excluding steroid dienone is 1. The Balaban J connectivity index is 4.00. The van der Waals surface area contributed by atoms with Gasteiger partial charge in [-0.3, -0.25) is 0 Å². The Morgan fingerprint density at radius 3 is 1.00 bits per heavy atom. The number of aliphatic hydroxyl groups excluding tert-OH is 1. The van der Waals surface area contributed by atoms with Gasteiger partial charge in [-0.1, -0.05) is 148 Å². The van der Waals surface area contributed by atoms with Crippen molar-refractivity contribution in [3.05, 3.63) is 12.2 Å². The molecule has 1 aliphatic carbocycles. The third kappa shape index (κ3) is 9.32. The van der Waals surface area contributed by atoms with Crippen LogP contribution in [0.3, 0.4) is 0 Å². The summed E-state index contributed by atoms with van der Waals surface area (Å²) in [4.78, 5) is 0. The number of hydrogen-bond donors (Lipinski definition) is 1. The Morgan fingerprint density at radius 2 is 0.696 bits per heavy atom. The molecule has 0 heterocycles. The van der Waals surface area contributed by atoms with E-state index in [1.54, 1.807) is 12.2 Å². The Hall–Kier alpha value is -1.09. The van der Waals surface area contributed by atoms with E-state index in [0.717, 1.165) is 0 Å². The zero-order chi connectivity index (χ0) is 35.8. The van der Waals surface area contributed by atoms with E-state index in [9.17, 15) is 5.11 Å². The van der Waals surface area contributed by atoms with Crippen LogP contribution >= 0.6 is 0 Å². The van der Waals surface area contributed by atoms with E-state index >= 15 is 0 Å².